The van der Waals surface area contributed by atoms with Crippen molar-refractivity contribution in [1.82, 2.24) is 10.6 Å². The first-order valence-electron chi connectivity index (χ1n) is 5.20. The highest BCUT2D eigenvalue weighted by Gasteiger charge is 2.24. The van der Waals surface area contributed by atoms with Gasteiger partial charge in [-0.25, -0.2) is 8.78 Å². The number of benzene rings is 1. The zero-order chi connectivity index (χ0) is 11.5. The van der Waals surface area contributed by atoms with E-state index in [-0.39, 0.29) is 29.8 Å². The number of piperazine rings is 1. The predicted molar refractivity (Wildman–Crippen MR) is 63.8 cm³/mol. The van der Waals surface area contributed by atoms with Crippen molar-refractivity contribution < 1.29 is 13.5 Å². The summed E-state index contributed by atoms with van der Waals surface area (Å²) in [6.45, 7) is 2.02. The van der Waals surface area contributed by atoms with E-state index in [0.29, 0.717) is 13.1 Å². The van der Waals surface area contributed by atoms with E-state index in [2.05, 4.69) is 10.6 Å². The fourth-order valence-electron chi connectivity index (χ4n) is 1.88. The minimum atomic E-state index is -0.622. The second-order valence-corrected chi connectivity index (χ2v) is 3.69. The van der Waals surface area contributed by atoms with Crippen molar-refractivity contribution in [3.63, 3.8) is 0 Å². The molecule has 1 aliphatic rings. The number of hydrogen-bond acceptors (Lipinski definition) is 3. The highest BCUT2D eigenvalue weighted by molar-refractivity contribution is 5.85. The molecule has 1 aliphatic heterocycles. The summed E-state index contributed by atoms with van der Waals surface area (Å²) in [5, 5.41) is 6.16. The average molecular weight is 265 g/mol. The molecular formula is C11H15ClF2N2O. The fourth-order valence-corrected chi connectivity index (χ4v) is 1.88. The fraction of sp³-hybridized carbons (Fsp3) is 0.455. The number of hydrogen-bond donors (Lipinski definition) is 2. The molecule has 0 spiro atoms. The molecule has 96 valence electrons. The first-order valence-corrected chi connectivity index (χ1v) is 5.20. The van der Waals surface area contributed by atoms with Gasteiger partial charge in [0.05, 0.1) is 13.2 Å². The summed E-state index contributed by atoms with van der Waals surface area (Å²) in [6.07, 6.45) is 0. The van der Waals surface area contributed by atoms with Gasteiger partial charge in [-0.05, 0) is 12.1 Å². The van der Waals surface area contributed by atoms with Crippen LogP contribution in [-0.4, -0.2) is 26.7 Å². The van der Waals surface area contributed by atoms with E-state index in [1.165, 1.54) is 19.2 Å². The number of methoxy groups -OCH3 is 1. The monoisotopic (exact) mass is 264 g/mol. The van der Waals surface area contributed by atoms with Gasteiger partial charge in [-0.1, -0.05) is 0 Å². The molecule has 2 rings (SSSR count). The van der Waals surface area contributed by atoms with E-state index in [9.17, 15) is 8.78 Å². The van der Waals surface area contributed by atoms with Crippen LogP contribution in [0.2, 0.25) is 0 Å². The molecule has 0 bridgehead atoms. The van der Waals surface area contributed by atoms with E-state index in [0.717, 1.165) is 6.54 Å². The zero-order valence-corrected chi connectivity index (χ0v) is 10.2. The second-order valence-electron chi connectivity index (χ2n) is 3.69. The minimum absolute atomic E-state index is 0. The normalized spacial score (nSPS) is 19.6. The minimum Gasteiger partial charge on any atom is -0.494 e. The van der Waals surface area contributed by atoms with Crippen molar-refractivity contribution in [1.29, 1.82) is 0 Å². The van der Waals surface area contributed by atoms with E-state index in [1.54, 1.807) is 0 Å². The van der Waals surface area contributed by atoms with Crippen molar-refractivity contribution >= 4 is 12.4 Å². The summed E-state index contributed by atoms with van der Waals surface area (Å²) < 4.78 is 32.3. The van der Waals surface area contributed by atoms with Crippen LogP contribution in [0.1, 0.15) is 11.6 Å². The Morgan fingerprint density at radius 2 is 2.06 bits per heavy atom. The molecule has 0 saturated carbocycles. The van der Waals surface area contributed by atoms with Crippen LogP contribution < -0.4 is 15.4 Å². The lowest BCUT2D eigenvalue weighted by atomic mass is 10.0. The summed E-state index contributed by atoms with van der Waals surface area (Å²) in [5.41, 5.74) is 0.0477. The molecule has 1 heterocycles. The highest BCUT2D eigenvalue weighted by atomic mass is 35.5. The number of ether oxygens (including phenoxy) is 1. The van der Waals surface area contributed by atoms with Crippen LogP contribution in [-0.2, 0) is 0 Å². The number of nitrogens with one attached hydrogen (secondary N) is 2. The molecule has 6 heteroatoms. The first-order chi connectivity index (χ1) is 7.74. The maximum Gasteiger partial charge on any atom is 0.172 e. The SMILES string of the molecule is COc1ccc(F)c([C@@H]2CNCCN2)c1F.Cl. The summed E-state index contributed by atoms with van der Waals surface area (Å²) in [5.74, 6) is -1.09. The maximum absolute atomic E-state index is 13.9. The van der Waals surface area contributed by atoms with Gasteiger partial charge in [0, 0.05) is 25.2 Å². The summed E-state index contributed by atoms with van der Waals surface area (Å²) >= 11 is 0. The van der Waals surface area contributed by atoms with Crippen LogP contribution >= 0.6 is 12.4 Å². The largest absolute Gasteiger partial charge is 0.494 e. The smallest absolute Gasteiger partial charge is 0.172 e. The van der Waals surface area contributed by atoms with Crippen LogP contribution in [0.15, 0.2) is 12.1 Å². The van der Waals surface area contributed by atoms with Gasteiger partial charge in [-0.3, -0.25) is 0 Å². The van der Waals surface area contributed by atoms with Gasteiger partial charge in [0.2, 0.25) is 0 Å². The first kappa shape index (κ1) is 14.2. The Hall–Kier alpha value is -0.910. The Balaban J connectivity index is 0.00000144. The lowest BCUT2D eigenvalue weighted by Gasteiger charge is -2.25. The van der Waals surface area contributed by atoms with Gasteiger partial charge in [0.15, 0.2) is 11.6 Å². The Kier molecular flexibility index (Phi) is 5.11. The molecule has 0 aromatic heterocycles. The van der Waals surface area contributed by atoms with E-state index in [4.69, 9.17) is 4.74 Å². The molecule has 1 atom stereocenters. The van der Waals surface area contributed by atoms with Crippen LogP contribution in [0.25, 0.3) is 0 Å². The third-order valence-electron chi connectivity index (χ3n) is 2.70. The lowest BCUT2D eigenvalue weighted by molar-refractivity contribution is 0.362. The topological polar surface area (TPSA) is 33.3 Å². The summed E-state index contributed by atoms with van der Waals surface area (Å²) in [7, 11) is 1.37. The van der Waals surface area contributed by atoms with Gasteiger partial charge >= 0.3 is 0 Å². The van der Waals surface area contributed by atoms with Crippen LogP contribution in [0, 0.1) is 11.6 Å². The molecule has 2 N–H and O–H groups in total. The van der Waals surface area contributed by atoms with E-state index >= 15 is 0 Å². The second kappa shape index (κ2) is 6.14. The standard InChI is InChI=1S/C11H14F2N2O.ClH/c1-16-9-3-2-7(12)10(11(9)13)8-6-14-4-5-15-8;/h2-3,8,14-15H,4-6H2,1H3;1H/t8-;/m0./s1. The third kappa shape index (κ3) is 2.86. The average Bonchev–Trinajstić information content (AvgIpc) is 2.31. The van der Waals surface area contributed by atoms with Crippen molar-refractivity contribution in [3.8, 4) is 5.75 Å². The van der Waals surface area contributed by atoms with Crippen LogP contribution in [0.5, 0.6) is 5.75 Å². The summed E-state index contributed by atoms with van der Waals surface area (Å²) in [6, 6.07) is 2.18. The van der Waals surface area contributed by atoms with Gasteiger partial charge in [0.1, 0.15) is 5.82 Å². The van der Waals surface area contributed by atoms with Crippen molar-refractivity contribution in [3.05, 3.63) is 29.3 Å². The van der Waals surface area contributed by atoms with E-state index < -0.39 is 11.6 Å². The van der Waals surface area contributed by atoms with Gasteiger partial charge in [0.25, 0.3) is 0 Å². The lowest BCUT2D eigenvalue weighted by Crippen LogP contribution is -2.43. The van der Waals surface area contributed by atoms with Gasteiger partial charge in [-0.2, -0.15) is 0 Å². The maximum atomic E-state index is 13.9. The molecule has 1 saturated heterocycles. The van der Waals surface area contributed by atoms with Crippen molar-refractivity contribution in [2.24, 2.45) is 0 Å². The molecular weight excluding hydrogens is 250 g/mol. The number of rotatable bonds is 2. The predicted octanol–water partition coefficient (Wildman–Crippen LogP) is 1.63. The van der Waals surface area contributed by atoms with E-state index in [1.807, 2.05) is 0 Å². The molecule has 0 aliphatic carbocycles. The molecule has 0 radical (unpaired) electrons. The molecule has 1 aromatic carbocycles. The molecule has 17 heavy (non-hydrogen) atoms. The Labute approximate surface area is 105 Å². The van der Waals surface area contributed by atoms with Crippen molar-refractivity contribution in [2.45, 2.75) is 6.04 Å². The quantitative estimate of drug-likeness (QED) is 0.852. The molecule has 1 aromatic rings. The van der Waals surface area contributed by atoms with Crippen molar-refractivity contribution in [2.75, 3.05) is 26.7 Å². The molecule has 0 amide bonds. The molecule has 1 fully saturated rings. The van der Waals surface area contributed by atoms with Gasteiger partial charge < -0.3 is 15.4 Å². The Morgan fingerprint density at radius 3 is 2.65 bits per heavy atom. The van der Waals surface area contributed by atoms with Crippen LogP contribution in [0.4, 0.5) is 8.78 Å². The summed E-state index contributed by atoms with van der Waals surface area (Å²) in [4.78, 5) is 0. The zero-order valence-electron chi connectivity index (χ0n) is 9.43. The highest BCUT2D eigenvalue weighted by Crippen LogP contribution is 2.28. The third-order valence-corrected chi connectivity index (χ3v) is 2.70. The molecule has 3 nitrogen and oxygen atoms in total. The molecule has 0 unspecified atom stereocenters. The Morgan fingerprint density at radius 1 is 1.29 bits per heavy atom. The van der Waals surface area contributed by atoms with Crippen LogP contribution in [0.3, 0.4) is 0 Å². The van der Waals surface area contributed by atoms with Gasteiger partial charge in [-0.15, -0.1) is 12.4 Å². The number of halogens is 3. The Bertz CT molecular complexity index is 384.